The maximum Gasteiger partial charge on any atom is 0.191 e. The Hall–Kier alpha value is -3.28. The van der Waals surface area contributed by atoms with Crippen molar-refractivity contribution in [1.82, 2.24) is 20.4 Å². The first-order valence-corrected chi connectivity index (χ1v) is 10.8. The van der Waals surface area contributed by atoms with Gasteiger partial charge in [-0.05, 0) is 50.5 Å². The fraction of sp³-hybridized carbons (Fsp3) is 0.360. The van der Waals surface area contributed by atoms with Crippen molar-refractivity contribution in [3.05, 3.63) is 82.7 Å². The molecule has 0 fully saturated rings. The average molecular weight is 420 g/mol. The fourth-order valence-electron chi connectivity index (χ4n) is 3.36. The summed E-state index contributed by atoms with van der Waals surface area (Å²) in [6, 6.07) is 18.5. The van der Waals surface area contributed by atoms with E-state index in [1.807, 2.05) is 49.0 Å². The molecule has 0 saturated carbocycles. The molecule has 1 heterocycles. The van der Waals surface area contributed by atoms with Crippen LogP contribution in [0.3, 0.4) is 0 Å². The number of hydrogen-bond donors (Lipinski definition) is 2. The van der Waals surface area contributed by atoms with Crippen molar-refractivity contribution >= 4 is 5.96 Å². The lowest BCUT2D eigenvalue weighted by atomic mass is 10.1. The molecule has 0 aliphatic heterocycles. The second-order valence-electron chi connectivity index (χ2n) is 7.56. The van der Waals surface area contributed by atoms with Gasteiger partial charge >= 0.3 is 0 Å². The summed E-state index contributed by atoms with van der Waals surface area (Å²) in [6.45, 7) is 9.02. The number of ether oxygens (including phenoxy) is 1. The van der Waals surface area contributed by atoms with Gasteiger partial charge in [-0.25, -0.2) is 4.99 Å². The smallest absolute Gasteiger partial charge is 0.191 e. The van der Waals surface area contributed by atoms with Crippen LogP contribution in [-0.2, 0) is 26.6 Å². The van der Waals surface area contributed by atoms with Crippen LogP contribution in [0.15, 0.2) is 59.6 Å². The molecule has 31 heavy (non-hydrogen) atoms. The third kappa shape index (κ3) is 6.60. The van der Waals surface area contributed by atoms with Crippen LogP contribution < -0.4 is 15.4 Å². The third-order valence-electron chi connectivity index (χ3n) is 5.28. The summed E-state index contributed by atoms with van der Waals surface area (Å²) in [7, 11) is 1.97. The van der Waals surface area contributed by atoms with E-state index in [2.05, 4.69) is 53.8 Å². The van der Waals surface area contributed by atoms with Gasteiger partial charge < -0.3 is 15.4 Å². The summed E-state index contributed by atoms with van der Waals surface area (Å²) < 4.78 is 7.78. The molecule has 6 heteroatoms. The van der Waals surface area contributed by atoms with Crippen LogP contribution in [0.4, 0.5) is 0 Å². The van der Waals surface area contributed by atoms with Crippen LogP contribution in [0.2, 0.25) is 0 Å². The maximum absolute atomic E-state index is 5.87. The van der Waals surface area contributed by atoms with Gasteiger partial charge in [-0.2, -0.15) is 5.10 Å². The number of benzene rings is 2. The molecule has 0 radical (unpaired) electrons. The number of rotatable bonds is 9. The molecule has 1 aromatic heterocycles. The lowest BCUT2D eigenvalue weighted by Crippen LogP contribution is -2.38. The third-order valence-corrected chi connectivity index (χ3v) is 5.28. The van der Waals surface area contributed by atoms with Gasteiger partial charge in [-0.15, -0.1) is 0 Å². The highest BCUT2D eigenvalue weighted by Crippen LogP contribution is 2.15. The topological polar surface area (TPSA) is 63.5 Å². The predicted molar refractivity (Wildman–Crippen MR) is 126 cm³/mol. The molecule has 2 aromatic carbocycles. The van der Waals surface area contributed by atoms with E-state index in [1.54, 1.807) is 0 Å². The number of aliphatic imine (C=N–C) groups is 1. The predicted octanol–water partition coefficient (Wildman–Crippen LogP) is 3.91. The van der Waals surface area contributed by atoms with Gasteiger partial charge in [0, 0.05) is 31.4 Å². The van der Waals surface area contributed by atoms with Gasteiger partial charge in [0.05, 0.1) is 12.2 Å². The molecule has 0 bridgehead atoms. The number of hydrogen-bond acceptors (Lipinski definition) is 3. The van der Waals surface area contributed by atoms with Crippen molar-refractivity contribution in [1.29, 1.82) is 0 Å². The zero-order valence-corrected chi connectivity index (χ0v) is 19.0. The Balaban J connectivity index is 1.48. The van der Waals surface area contributed by atoms with Crippen molar-refractivity contribution in [2.24, 2.45) is 12.0 Å². The van der Waals surface area contributed by atoms with Crippen LogP contribution in [0.5, 0.6) is 5.75 Å². The molecule has 2 N–H and O–H groups in total. The summed E-state index contributed by atoms with van der Waals surface area (Å²) in [5.74, 6) is 1.71. The molecule has 3 aromatic rings. The van der Waals surface area contributed by atoms with Crippen LogP contribution >= 0.6 is 0 Å². The standard InChI is InChI=1S/C25H33N5O/c1-5-26-25(28-17-24-19(2)29-30(4)20(24)3)27-16-15-21-11-13-23(14-12-21)31-18-22-9-7-6-8-10-22/h6-14H,5,15-18H2,1-4H3,(H2,26,27,28). The minimum atomic E-state index is 0.583. The number of nitrogens with one attached hydrogen (secondary N) is 2. The van der Waals surface area contributed by atoms with Crippen molar-refractivity contribution in [2.45, 2.75) is 40.3 Å². The summed E-state index contributed by atoms with van der Waals surface area (Å²) in [4.78, 5) is 4.74. The fourth-order valence-corrected chi connectivity index (χ4v) is 3.36. The van der Waals surface area contributed by atoms with Gasteiger partial charge in [-0.1, -0.05) is 42.5 Å². The molecular formula is C25H33N5O. The van der Waals surface area contributed by atoms with Crippen LogP contribution in [0, 0.1) is 13.8 Å². The zero-order valence-electron chi connectivity index (χ0n) is 19.0. The summed E-state index contributed by atoms with van der Waals surface area (Å²) in [6.07, 6.45) is 0.911. The number of nitrogens with zero attached hydrogens (tertiary/aromatic N) is 3. The summed E-state index contributed by atoms with van der Waals surface area (Å²) in [5.41, 5.74) is 5.81. The Kier molecular flexibility index (Phi) is 8.10. The Labute approximate surface area is 185 Å². The van der Waals surface area contributed by atoms with E-state index in [0.29, 0.717) is 13.2 Å². The monoisotopic (exact) mass is 419 g/mol. The first-order valence-electron chi connectivity index (χ1n) is 10.8. The second kappa shape index (κ2) is 11.2. The molecule has 6 nitrogen and oxygen atoms in total. The SMILES string of the molecule is CCNC(=NCc1c(C)nn(C)c1C)NCCc1ccc(OCc2ccccc2)cc1. The van der Waals surface area contributed by atoms with Crippen LogP contribution in [0.1, 0.15) is 35.0 Å². The van der Waals surface area contributed by atoms with Gasteiger partial charge in [0.1, 0.15) is 12.4 Å². The molecule has 0 amide bonds. The Morgan fingerprint density at radius 1 is 1.00 bits per heavy atom. The van der Waals surface area contributed by atoms with E-state index in [0.717, 1.165) is 42.6 Å². The Morgan fingerprint density at radius 2 is 1.74 bits per heavy atom. The number of aryl methyl sites for hydroxylation is 2. The van der Waals surface area contributed by atoms with Crippen molar-refractivity contribution in [2.75, 3.05) is 13.1 Å². The molecule has 0 spiro atoms. The largest absolute Gasteiger partial charge is 0.489 e. The first-order chi connectivity index (χ1) is 15.1. The minimum Gasteiger partial charge on any atom is -0.489 e. The number of aromatic nitrogens is 2. The minimum absolute atomic E-state index is 0.583. The molecule has 0 aliphatic rings. The summed E-state index contributed by atoms with van der Waals surface area (Å²) >= 11 is 0. The number of guanidine groups is 1. The first kappa shape index (κ1) is 22.4. The second-order valence-corrected chi connectivity index (χ2v) is 7.56. The quantitative estimate of drug-likeness (QED) is 0.408. The lowest BCUT2D eigenvalue weighted by Gasteiger charge is -2.12. The van der Waals surface area contributed by atoms with Gasteiger partial charge in [0.15, 0.2) is 5.96 Å². The molecule has 0 unspecified atom stereocenters. The van der Waals surface area contributed by atoms with Gasteiger partial charge in [0.25, 0.3) is 0 Å². The zero-order chi connectivity index (χ0) is 22.1. The highest BCUT2D eigenvalue weighted by Gasteiger charge is 2.09. The van der Waals surface area contributed by atoms with E-state index < -0.39 is 0 Å². The van der Waals surface area contributed by atoms with E-state index >= 15 is 0 Å². The molecule has 0 saturated heterocycles. The molecular weight excluding hydrogens is 386 g/mol. The van der Waals surface area contributed by atoms with Crippen molar-refractivity contribution in [3.8, 4) is 5.75 Å². The van der Waals surface area contributed by atoms with Gasteiger partial charge in [-0.3, -0.25) is 4.68 Å². The average Bonchev–Trinajstić information content (AvgIpc) is 3.03. The van der Waals surface area contributed by atoms with E-state index in [4.69, 9.17) is 9.73 Å². The van der Waals surface area contributed by atoms with E-state index in [9.17, 15) is 0 Å². The van der Waals surface area contributed by atoms with Crippen molar-refractivity contribution < 1.29 is 4.74 Å². The Morgan fingerprint density at radius 3 is 2.39 bits per heavy atom. The van der Waals surface area contributed by atoms with E-state index in [1.165, 1.54) is 16.7 Å². The van der Waals surface area contributed by atoms with Gasteiger partial charge in [0.2, 0.25) is 0 Å². The highest BCUT2D eigenvalue weighted by molar-refractivity contribution is 5.79. The molecule has 0 atom stereocenters. The molecule has 164 valence electrons. The van der Waals surface area contributed by atoms with Crippen LogP contribution in [0.25, 0.3) is 0 Å². The Bertz CT molecular complexity index is 977. The molecule has 3 rings (SSSR count). The summed E-state index contributed by atoms with van der Waals surface area (Å²) in [5, 5.41) is 11.2. The maximum atomic E-state index is 5.87. The lowest BCUT2D eigenvalue weighted by molar-refractivity contribution is 0.306. The van der Waals surface area contributed by atoms with Crippen molar-refractivity contribution in [3.63, 3.8) is 0 Å². The van der Waals surface area contributed by atoms with E-state index in [-0.39, 0.29) is 0 Å². The van der Waals surface area contributed by atoms with Crippen LogP contribution in [-0.4, -0.2) is 28.8 Å². The normalized spacial score (nSPS) is 11.4. The molecule has 0 aliphatic carbocycles. The highest BCUT2D eigenvalue weighted by atomic mass is 16.5.